The van der Waals surface area contributed by atoms with Crippen molar-refractivity contribution < 1.29 is 23.0 Å². The van der Waals surface area contributed by atoms with Gasteiger partial charge >= 0.3 is 6.09 Å². The molecule has 0 radical (unpaired) electrons. The number of amides is 1. The van der Waals surface area contributed by atoms with Crippen molar-refractivity contribution in [1.29, 1.82) is 0 Å². The van der Waals surface area contributed by atoms with Gasteiger partial charge in [-0.15, -0.1) is 0 Å². The highest BCUT2D eigenvalue weighted by Gasteiger charge is 2.29. The number of pyridine rings is 1. The molecule has 32 heavy (non-hydrogen) atoms. The summed E-state index contributed by atoms with van der Waals surface area (Å²) < 4.78 is 41.0. The Morgan fingerprint density at radius 3 is 2.81 bits per heavy atom. The van der Waals surface area contributed by atoms with Gasteiger partial charge in [-0.3, -0.25) is 4.79 Å². The summed E-state index contributed by atoms with van der Waals surface area (Å²) in [5, 5.41) is 3.45. The lowest BCUT2D eigenvalue weighted by Gasteiger charge is -2.34. The van der Waals surface area contributed by atoms with Crippen LogP contribution in [-0.4, -0.2) is 46.9 Å². The number of rotatable bonds is 3. The topological polar surface area (TPSA) is 72.8 Å². The van der Waals surface area contributed by atoms with Crippen LogP contribution >= 0.6 is 0 Å². The minimum absolute atomic E-state index is 0.00556. The molecule has 0 spiro atoms. The van der Waals surface area contributed by atoms with Gasteiger partial charge in [-0.25, -0.2) is 9.18 Å². The van der Waals surface area contributed by atoms with E-state index in [0.29, 0.717) is 18.7 Å². The van der Waals surface area contributed by atoms with E-state index < -0.39 is 17.2 Å². The van der Waals surface area contributed by atoms with Crippen LogP contribution in [0, 0.1) is 11.6 Å². The van der Waals surface area contributed by atoms with Gasteiger partial charge in [-0.05, 0) is 46.6 Å². The summed E-state index contributed by atoms with van der Waals surface area (Å²) in [7, 11) is 0. The van der Waals surface area contributed by atoms with Crippen molar-refractivity contribution in [1.82, 2.24) is 14.8 Å². The maximum absolute atomic E-state index is 14.2. The van der Waals surface area contributed by atoms with Gasteiger partial charge in [0.25, 0.3) is 0 Å². The lowest BCUT2D eigenvalue weighted by atomic mass is 10.0. The van der Waals surface area contributed by atoms with Crippen LogP contribution < -0.4 is 15.5 Å². The molecule has 2 aliphatic heterocycles. The van der Waals surface area contributed by atoms with Gasteiger partial charge in [0.15, 0.2) is 17.0 Å². The van der Waals surface area contributed by atoms with Crippen molar-refractivity contribution in [2.45, 2.75) is 64.8 Å². The lowest BCUT2D eigenvalue weighted by molar-refractivity contribution is 0.0187. The summed E-state index contributed by atoms with van der Waals surface area (Å²) >= 11 is 0. The summed E-state index contributed by atoms with van der Waals surface area (Å²) in [5.41, 5.74) is -0.184. The second-order valence-corrected chi connectivity index (χ2v) is 9.59. The average molecular weight is 449 g/mol. The zero-order chi connectivity index (χ0) is 23.2. The monoisotopic (exact) mass is 449 g/mol. The predicted molar refractivity (Wildman–Crippen MR) is 116 cm³/mol. The van der Waals surface area contributed by atoms with Crippen molar-refractivity contribution in [3.8, 4) is 5.75 Å². The number of hydrogen-bond acceptors (Lipinski definition) is 5. The Kier molecular flexibility index (Phi) is 5.87. The molecule has 9 heteroatoms. The number of hydrogen-bond donors (Lipinski definition) is 1. The highest BCUT2D eigenvalue weighted by Crippen LogP contribution is 2.35. The highest BCUT2D eigenvalue weighted by atomic mass is 19.2. The first kappa shape index (κ1) is 22.5. The molecule has 1 aromatic carbocycles. The van der Waals surface area contributed by atoms with Gasteiger partial charge in [0.05, 0.1) is 16.9 Å². The summed E-state index contributed by atoms with van der Waals surface area (Å²) in [6.45, 7) is 8.93. The van der Waals surface area contributed by atoms with Crippen LogP contribution in [0.5, 0.6) is 5.75 Å². The van der Waals surface area contributed by atoms with Crippen molar-refractivity contribution >= 4 is 17.0 Å². The van der Waals surface area contributed by atoms with Crippen molar-refractivity contribution in [2.24, 2.45) is 0 Å². The normalized spacial score (nSPS) is 20.9. The third kappa shape index (κ3) is 4.30. The van der Waals surface area contributed by atoms with E-state index >= 15 is 0 Å². The molecule has 1 saturated heterocycles. The molecule has 1 amide bonds. The fourth-order valence-electron chi connectivity index (χ4n) is 4.27. The lowest BCUT2D eigenvalue weighted by Crippen LogP contribution is -2.49. The number of nitrogens with one attached hydrogen (secondary N) is 1. The number of halogens is 2. The molecule has 2 aliphatic rings. The first-order valence-corrected chi connectivity index (χ1v) is 10.9. The molecule has 2 aromatic rings. The zero-order valence-electron chi connectivity index (χ0n) is 18.8. The Bertz CT molecular complexity index is 1110. The highest BCUT2D eigenvalue weighted by molar-refractivity contribution is 5.86. The molecule has 3 heterocycles. The molecule has 1 aromatic heterocycles. The summed E-state index contributed by atoms with van der Waals surface area (Å²) in [6.07, 6.45) is 3.02. The number of carbonyl (C=O) groups is 1. The van der Waals surface area contributed by atoms with E-state index in [1.807, 2.05) is 27.7 Å². The van der Waals surface area contributed by atoms with Gasteiger partial charge in [0.1, 0.15) is 12.2 Å². The molecular formula is C23H29F2N3O4. The first-order valence-electron chi connectivity index (χ1n) is 10.9. The van der Waals surface area contributed by atoms with Crippen LogP contribution in [0.1, 0.15) is 52.1 Å². The number of likely N-dealkylation sites (tertiary alicyclic amines) is 1. The summed E-state index contributed by atoms with van der Waals surface area (Å²) in [6, 6.07) is 0.809. The number of nitrogens with zero attached hydrogens (tertiary/aromatic N) is 2. The van der Waals surface area contributed by atoms with Crippen LogP contribution in [0.25, 0.3) is 10.9 Å². The maximum Gasteiger partial charge on any atom is 0.410 e. The standard InChI is InChI=1S/C23H29F2N3O4/c1-13-12-31-21-18(25)17(24)8-16-19(21)28(13)10-14(20(16)29)9-26-15-6-5-7-27(11-15)22(30)32-23(2,3)4/h8,10,13,15,26H,5-7,9,11-12H2,1-4H3. The largest absolute Gasteiger partial charge is 0.486 e. The van der Waals surface area contributed by atoms with E-state index in [9.17, 15) is 18.4 Å². The fraction of sp³-hybridized carbons (Fsp3) is 0.565. The average Bonchev–Trinajstić information content (AvgIpc) is 2.73. The minimum Gasteiger partial charge on any atom is -0.486 e. The quantitative estimate of drug-likeness (QED) is 0.773. The van der Waals surface area contributed by atoms with Crippen LogP contribution in [0.4, 0.5) is 13.6 Å². The zero-order valence-corrected chi connectivity index (χ0v) is 18.8. The summed E-state index contributed by atoms with van der Waals surface area (Å²) in [5.74, 6) is -2.39. The molecule has 7 nitrogen and oxygen atoms in total. The number of piperidine rings is 1. The third-order valence-corrected chi connectivity index (χ3v) is 5.84. The van der Waals surface area contributed by atoms with E-state index in [1.165, 1.54) is 0 Å². The number of aromatic nitrogens is 1. The molecule has 174 valence electrons. The van der Waals surface area contributed by atoms with Gasteiger partial charge < -0.3 is 24.3 Å². The number of benzene rings is 1. The first-order chi connectivity index (χ1) is 15.0. The van der Waals surface area contributed by atoms with E-state index in [1.54, 1.807) is 15.7 Å². The van der Waals surface area contributed by atoms with E-state index in [0.717, 1.165) is 18.9 Å². The smallest absolute Gasteiger partial charge is 0.410 e. The second-order valence-electron chi connectivity index (χ2n) is 9.59. The van der Waals surface area contributed by atoms with Crippen molar-refractivity contribution in [2.75, 3.05) is 19.7 Å². The number of ether oxygens (including phenoxy) is 2. The Balaban J connectivity index is 1.55. The van der Waals surface area contributed by atoms with Crippen LogP contribution in [-0.2, 0) is 11.3 Å². The Labute approximate surface area is 185 Å². The van der Waals surface area contributed by atoms with E-state index in [4.69, 9.17) is 9.47 Å². The second kappa shape index (κ2) is 8.35. The Morgan fingerprint density at radius 1 is 1.34 bits per heavy atom. The van der Waals surface area contributed by atoms with Gasteiger partial charge in [0, 0.05) is 37.4 Å². The molecule has 2 unspecified atom stereocenters. The van der Waals surface area contributed by atoms with Crippen molar-refractivity contribution in [3.05, 3.63) is 39.7 Å². The van der Waals surface area contributed by atoms with Crippen molar-refractivity contribution in [3.63, 3.8) is 0 Å². The molecule has 1 fully saturated rings. The Hall–Kier alpha value is -2.68. The van der Waals surface area contributed by atoms with Gasteiger partial charge in [0.2, 0.25) is 5.82 Å². The van der Waals surface area contributed by atoms with Crippen LogP contribution in [0.2, 0.25) is 0 Å². The number of carbonyl (C=O) groups excluding carboxylic acids is 1. The molecule has 0 saturated carbocycles. The molecule has 0 aliphatic carbocycles. The van der Waals surface area contributed by atoms with E-state index in [2.05, 4.69) is 5.32 Å². The summed E-state index contributed by atoms with van der Waals surface area (Å²) in [4.78, 5) is 27.1. The molecule has 2 atom stereocenters. The Morgan fingerprint density at radius 2 is 2.09 bits per heavy atom. The fourth-order valence-corrected chi connectivity index (χ4v) is 4.27. The maximum atomic E-state index is 14.2. The van der Waals surface area contributed by atoms with Crippen LogP contribution in [0.15, 0.2) is 17.1 Å². The SMILES string of the molecule is CC1COc2c(F)c(F)cc3c(=O)c(CNC4CCCN(C(=O)OC(C)(C)C)C4)cn1c23. The van der Waals surface area contributed by atoms with Crippen LogP contribution in [0.3, 0.4) is 0 Å². The molecular weight excluding hydrogens is 420 g/mol. The molecule has 4 rings (SSSR count). The van der Waals surface area contributed by atoms with Gasteiger partial charge in [-0.1, -0.05) is 0 Å². The molecule has 0 bridgehead atoms. The minimum atomic E-state index is -1.10. The van der Waals surface area contributed by atoms with Gasteiger partial charge in [-0.2, -0.15) is 4.39 Å². The third-order valence-electron chi connectivity index (χ3n) is 5.84. The molecule has 1 N–H and O–H groups in total. The predicted octanol–water partition coefficient (Wildman–Crippen LogP) is 3.72. The van der Waals surface area contributed by atoms with E-state index in [-0.39, 0.29) is 53.4 Å².